The Kier molecular flexibility index (Phi) is 3.83. The van der Waals surface area contributed by atoms with Crippen LogP contribution in [0.5, 0.6) is 0 Å². The molecule has 2 amide bonds. The van der Waals surface area contributed by atoms with Crippen LogP contribution in [0.4, 0.5) is 11.5 Å². The lowest BCUT2D eigenvalue weighted by atomic mass is 9.49. The molecule has 0 unspecified atom stereocenters. The summed E-state index contributed by atoms with van der Waals surface area (Å²) in [4.78, 5) is 26.8. The number of amides is 2. The maximum Gasteiger partial charge on any atom is 0.231 e. The van der Waals surface area contributed by atoms with Gasteiger partial charge in [-0.25, -0.2) is 0 Å². The van der Waals surface area contributed by atoms with Crippen LogP contribution in [-0.2, 0) is 9.59 Å². The zero-order valence-corrected chi connectivity index (χ0v) is 18.2. The topological polar surface area (TPSA) is 84.2 Å². The van der Waals surface area contributed by atoms with Crippen molar-refractivity contribution in [3.63, 3.8) is 0 Å². The molecule has 8 saturated carbocycles. The van der Waals surface area contributed by atoms with Crippen LogP contribution in [0.3, 0.4) is 0 Å². The van der Waals surface area contributed by atoms with Crippen LogP contribution in [0.2, 0.25) is 0 Å². The zero-order valence-electron chi connectivity index (χ0n) is 18.2. The number of nitrogens with one attached hydrogen (secondary N) is 2. The van der Waals surface area contributed by atoms with E-state index in [0.717, 1.165) is 56.3 Å². The van der Waals surface area contributed by atoms with Crippen molar-refractivity contribution in [2.75, 3.05) is 10.6 Å². The van der Waals surface area contributed by atoms with Gasteiger partial charge in [0.05, 0.1) is 10.8 Å². The number of carbonyl (C=O) groups is 2. The molecule has 0 saturated heterocycles. The first kappa shape index (κ1) is 18.7. The molecule has 0 spiro atoms. The van der Waals surface area contributed by atoms with Gasteiger partial charge in [0, 0.05) is 0 Å². The third-order valence-electron chi connectivity index (χ3n) is 10.1. The fourth-order valence-electron chi connectivity index (χ4n) is 9.69. The molecule has 166 valence electrons. The SMILES string of the molecule is O=C(Nc1conc1NC(=O)C12CC3CC(CC(C3)C1)C2)C12CC3CC(CC(C3)C1)C2. The fraction of sp³-hybridized carbons (Fsp3) is 0.800. The van der Waals surface area contributed by atoms with Crippen LogP contribution in [0.25, 0.3) is 0 Å². The van der Waals surface area contributed by atoms with Gasteiger partial charge in [-0.05, 0) is 113 Å². The first-order valence-electron chi connectivity index (χ1n) is 12.6. The molecule has 0 aromatic carbocycles. The predicted molar refractivity (Wildman–Crippen MR) is 115 cm³/mol. The van der Waals surface area contributed by atoms with E-state index >= 15 is 0 Å². The van der Waals surface area contributed by atoms with Crippen molar-refractivity contribution in [2.24, 2.45) is 46.3 Å². The first-order chi connectivity index (χ1) is 15.0. The number of aromatic nitrogens is 1. The minimum atomic E-state index is -0.241. The molecule has 9 rings (SSSR count). The normalized spacial score (nSPS) is 46.3. The summed E-state index contributed by atoms with van der Waals surface area (Å²) in [6.07, 6.45) is 15.4. The van der Waals surface area contributed by atoms with Crippen LogP contribution in [-0.4, -0.2) is 17.0 Å². The van der Waals surface area contributed by atoms with Crippen LogP contribution >= 0.6 is 0 Å². The smallest absolute Gasteiger partial charge is 0.231 e. The first-order valence-corrected chi connectivity index (χ1v) is 12.6. The molecule has 8 bridgehead atoms. The molecule has 8 aliphatic carbocycles. The third-order valence-corrected chi connectivity index (χ3v) is 10.1. The predicted octanol–water partition coefficient (Wildman–Crippen LogP) is 4.98. The molecular formula is C25H33N3O3. The molecule has 8 fully saturated rings. The van der Waals surface area contributed by atoms with Crippen molar-refractivity contribution in [3.8, 4) is 0 Å². The lowest BCUT2D eigenvalue weighted by Gasteiger charge is -2.55. The molecule has 1 aromatic rings. The lowest BCUT2D eigenvalue weighted by Crippen LogP contribution is -2.52. The Morgan fingerprint density at radius 2 is 1.10 bits per heavy atom. The van der Waals surface area contributed by atoms with Crippen LogP contribution in [0.15, 0.2) is 10.8 Å². The van der Waals surface area contributed by atoms with E-state index in [1.54, 1.807) is 0 Å². The van der Waals surface area contributed by atoms with E-state index in [1.807, 2.05) is 0 Å². The molecule has 0 radical (unpaired) electrons. The van der Waals surface area contributed by atoms with E-state index < -0.39 is 0 Å². The molecule has 2 N–H and O–H groups in total. The maximum atomic E-state index is 13.4. The summed E-state index contributed by atoms with van der Waals surface area (Å²) >= 11 is 0. The average Bonchev–Trinajstić information content (AvgIpc) is 3.12. The highest BCUT2D eigenvalue weighted by Crippen LogP contribution is 2.61. The Morgan fingerprint density at radius 1 is 0.710 bits per heavy atom. The van der Waals surface area contributed by atoms with E-state index in [0.29, 0.717) is 29.3 Å². The van der Waals surface area contributed by atoms with Crippen molar-refractivity contribution < 1.29 is 14.1 Å². The second-order valence-electron chi connectivity index (χ2n) is 12.4. The highest BCUT2D eigenvalue weighted by molar-refractivity contribution is 6.02. The maximum absolute atomic E-state index is 13.4. The van der Waals surface area contributed by atoms with Gasteiger partial charge >= 0.3 is 0 Å². The zero-order chi connectivity index (χ0) is 20.8. The van der Waals surface area contributed by atoms with Crippen LogP contribution < -0.4 is 10.6 Å². The van der Waals surface area contributed by atoms with Gasteiger partial charge in [-0.3, -0.25) is 9.59 Å². The van der Waals surface area contributed by atoms with Gasteiger partial charge < -0.3 is 15.2 Å². The van der Waals surface area contributed by atoms with Gasteiger partial charge in [-0.15, -0.1) is 0 Å². The average molecular weight is 424 g/mol. The molecule has 31 heavy (non-hydrogen) atoms. The summed E-state index contributed by atoms with van der Waals surface area (Å²) < 4.78 is 5.21. The molecule has 8 aliphatic rings. The minimum Gasteiger partial charge on any atom is -0.360 e. The van der Waals surface area contributed by atoms with Crippen molar-refractivity contribution >= 4 is 23.3 Å². The summed E-state index contributed by atoms with van der Waals surface area (Å²) in [7, 11) is 0. The number of rotatable bonds is 4. The fourth-order valence-corrected chi connectivity index (χ4v) is 9.69. The molecule has 1 aromatic heterocycles. The van der Waals surface area contributed by atoms with Gasteiger partial charge in [-0.2, -0.15) is 0 Å². The number of carbonyl (C=O) groups excluding carboxylic acids is 2. The van der Waals surface area contributed by atoms with E-state index in [1.165, 1.54) is 44.8 Å². The van der Waals surface area contributed by atoms with Crippen molar-refractivity contribution in [3.05, 3.63) is 6.26 Å². The largest absolute Gasteiger partial charge is 0.360 e. The van der Waals surface area contributed by atoms with Gasteiger partial charge in [0.1, 0.15) is 12.0 Å². The van der Waals surface area contributed by atoms with Crippen molar-refractivity contribution in [1.29, 1.82) is 0 Å². The molecule has 6 nitrogen and oxygen atoms in total. The quantitative estimate of drug-likeness (QED) is 0.715. The van der Waals surface area contributed by atoms with Crippen molar-refractivity contribution in [1.82, 2.24) is 5.16 Å². The molecule has 1 heterocycles. The number of anilines is 2. The highest BCUT2D eigenvalue weighted by atomic mass is 16.5. The lowest BCUT2D eigenvalue weighted by molar-refractivity contribution is -0.141. The van der Waals surface area contributed by atoms with Crippen LogP contribution in [0, 0.1) is 46.3 Å². The van der Waals surface area contributed by atoms with Crippen molar-refractivity contribution in [2.45, 2.75) is 77.0 Å². The van der Waals surface area contributed by atoms with Gasteiger partial charge in [0.15, 0.2) is 5.82 Å². The third kappa shape index (κ3) is 2.85. The molecule has 6 heteroatoms. The molecule has 0 aliphatic heterocycles. The number of hydrogen-bond acceptors (Lipinski definition) is 4. The van der Waals surface area contributed by atoms with E-state index in [-0.39, 0.29) is 22.6 Å². The van der Waals surface area contributed by atoms with E-state index in [4.69, 9.17) is 4.52 Å². The Morgan fingerprint density at radius 3 is 1.52 bits per heavy atom. The Labute approximate surface area is 183 Å². The summed E-state index contributed by atoms with van der Waals surface area (Å²) in [5.41, 5.74) is 0.0566. The van der Waals surface area contributed by atoms with Crippen LogP contribution in [0.1, 0.15) is 77.0 Å². The summed E-state index contributed by atoms with van der Waals surface area (Å²) in [5, 5.41) is 10.2. The monoisotopic (exact) mass is 423 g/mol. The second kappa shape index (κ2) is 6.35. The summed E-state index contributed by atoms with van der Waals surface area (Å²) in [6, 6.07) is 0. The number of nitrogens with zero attached hydrogens (tertiary/aromatic N) is 1. The summed E-state index contributed by atoms with van der Waals surface area (Å²) in [5.74, 6) is 4.88. The Balaban J connectivity index is 1.08. The van der Waals surface area contributed by atoms with E-state index in [9.17, 15) is 9.59 Å². The van der Waals surface area contributed by atoms with Gasteiger partial charge in [0.25, 0.3) is 0 Å². The van der Waals surface area contributed by atoms with Gasteiger partial charge in [-0.1, -0.05) is 5.16 Å². The Hall–Kier alpha value is -1.85. The molecular weight excluding hydrogens is 390 g/mol. The molecule has 0 atom stereocenters. The Bertz CT molecular complexity index is 791. The minimum absolute atomic E-state index is 0.0887. The summed E-state index contributed by atoms with van der Waals surface area (Å²) in [6.45, 7) is 0. The second-order valence-corrected chi connectivity index (χ2v) is 12.4. The standard InChI is InChI=1S/C25H33N3O3/c29-22(24-7-14-1-15(8-24)3-16(2-14)9-24)26-20-13-31-28-21(20)27-23(30)25-10-17-4-18(11-25)6-19(5-17)12-25/h13-19H,1-12H2,(H,26,29)(H,27,28,30). The van der Waals surface area contributed by atoms with Gasteiger partial charge in [0.2, 0.25) is 11.8 Å². The van der Waals surface area contributed by atoms with E-state index in [2.05, 4.69) is 15.8 Å². The number of hydrogen-bond donors (Lipinski definition) is 2. The highest BCUT2D eigenvalue weighted by Gasteiger charge is 2.56.